The van der Waals surface area contributed by atoms with Crippen LogP contribution < -0.4 is 5.32 Å². The molecular weight excluding hydrogens is 336 g/mol. The second-order valence-electron chi connectivity index (χ2n) is 5.94. The van der Waals surface area contributed by atoms with Crippen molar-refractivity contribution in [3.8, 4) is 0 Å². The number of nitrogens with one attached hydrogen (secondary N) is 1. The van der Waals surface area contributed by atoms with Crippen molar-refractivity contribution in [3.63, 3.8) is 0 Å². The van der Waals surface area contributed by atoms with Crippen LogP contribution in [0.3, 0.4) is 0 Å². The zero-order valence-electron chi connectivity index (χ0n) is 13.2. The van der Waals surface area contributed by atoms with Gasteiger partial charge in [-0.3, -0.25) is 4.98 Å². The van der Waals surface area contributed by atoms with Gasteiger partial charge in [-0.15, -0.1) is 12.4 Å². The highest BCUT2D eigenvalue weighted by Gasteiger charge is 2.37. The van der Waals surface area contributed by atoms with Crippen LogP contribution in [-0.2, 0) is 10.2 Å². The molecular formula is C15H25ClN4O2S. The van der Waals surface area contributed by atoms with Crippen molar-refractivity contribution in [2.45, 2.75) is 31.7 Å². The smallest absolute Gasteiger partial charge is 0.282 e. The van der Waals surface area contributed by atoms with Gasteiger partial charge in [0.15, 0.2) is 0 Å². The molecule has 0 aliphatic carbocycles. The maximum Gasteiger partial charge on any atom is 0.282 e. The lowest BCUT2D eigenvalue weighted by molar-refractivity contribution is 0.247. The number of hydrogen-bond donors (Lipinski definition) is 1. The second kappa shape index (κ2) is 8.39. The Morgan fingerprint density at radius 1 is 1.13 bits per heavy atom. The van der Waals surface area contributed by atoms with Gasteiger partial charge in [0.2, 0.25) is 0 Å². The predicted molar refractivity (Wildman–Crippen MR) is 92.8 cm³/mol. The van der Waals surface area contributed by atoms with Crippen molar-refractivity contribution in [1.29, 1.82) is 0 Å². The van der Waals surface area contributed by atoms with E-state index in [0.717, 1.165) is 31.2 Å². The lowest BCUT2D eigenvalue weighted by Gasteiger charge is -2.38. The summed E-state index contributed by atoms with van der Waals surface area (Å²) in [5.74, 6) is 0. The Kier molecular flexibility index (Phi) is 6.79. The maximum atomic E-state index is 13.1. The first-order valence-electron chi connectivity index (χ1n) is 8.07. The maximum absolute atomic E-state index is 13.1. The molecule has 2 aliphatic heterocycles. The molecule has 3 heterocycles. The Balaban J connectivity index is 0.00000192. The zero-order valence-corrected chi connectivity index (χ0v) is 14.9. The first-order valence-corrected chi connectivity index (χ1v) is 9.47. The summed E-state index contributed by atoms with van der Waals surface area (Å²) in [7, 11) is -3.41. The number of hydrogen-bond acceptors (Lipinski definition) is 4. The van der Waals surface area contributed by atoms with Crippen LogP contribution in [0.2, 0.25) is 0 Å². The molecule has 1 aromatic heterocycles. The number of rotatable bonds is 3. The SMILES string of the molecule is Cl.O=S(=O)(N1CCCCCC1)N1CCNCC1c1cccnc1. The molecule has 0 aromatic carbocycles. The quantitative estimate of drug-likeness (QED) is 0.888. The van der Waals surface area contributed by atoms with Gasteiger partial charge in [0.05, 0.1) is 6.04 Å². The third kappa shape index (κ3) is 4.22. The monoisotopic (exact) mass is 360 g/mol. The van der Waals surface area contributed by atoms with Gasteiger partial charge in [-0.25, -0.2) is 0 Å². The van der Waals surface area contributed by atoms with Gasteiger partial charge < -0.3 is 5.32 Å². The Bertz CT molecular complexity index is 576. The molecule has 0 spiro atoms. The minimum Gasteiger partial charge on any atom is -0.313 e. The minimum atomic E-state index is -3.41. The third-order valence-electron chi connectivity index (χ3n) is 4.45. The molecule has 1 aromatic rings. The molecule has 130 valence electrons. The normalized spacial score (nSPS) is 24.6. The molecule has 0 saturated carbocycles. The first-order chi connectivity index (χ1) is 10.7. The van der Waals surface area contributed by atoms with Gasteiger partial charge in [0.1, 0.15) is 0 Å². The number of aromatic nitrogens is 1. The predicted octanol–water partition coefficient (Wildman–Crippen LogP) is 1.57. The van der Waals surface area contributed by atoms with Crippen LogP contribution >= 0.6 is 12.4 Å². The summed E-state index contributed by atoms with van der Waals surface area (Å²) in [6.45, 7) is 3.14. The summed E-state index contributed by atoms with van der Waals surface area (Å²) in [6.07, 6.45) is 7.65. The molecule has 6 nitrogen and oxygen atoms in total. The van der Waals surface area contributed by atoms with E-state index in [0.29, 0.717) is 32.7 Å². The number of piperazine rings is 1. The summed E-state index contributed by atoms with van der Waals surface area (Å²) in [5, 5.41) is 3.30. The Morgan fingerprint density at radius 3 is 2.52 bits per heavy atom. The fourth-order valence-corrected chi connectivity index (χ4v) is 5.10. The molecule has 23 heavy (non-hydrogen) atoms. The van der Waals surface area contributed by atoms with E-state index >= 15 is 0 Å². The van der Waals surface area contributed by atoms with E-state index in [1.807, 2.05) is 12.1 Å². The lowest BCUT2D eigenvalue weighted by Crippen LogP contribution is -2.53. The molecule has 2 fully saturated rings. The Morgan fingerprint density at radius 2 is 1.87 bits per heavy atom. The van der Waals surface area contributed by atoms with E-state index < -0.39 is 10.2 Å². The van der Waals surface area contributed by atoms with Crippen molar-refractivity contribution in [1.82, 2.24) is 18.9 Å². The Hall–Kier alpha value is -0.730. The summed E-state index contributed by atoms with van der Waals surface area (Å²) < 4.78 is 29.5. The molecule has 0 radical (unpaired) electrons. The first kappa shape index (κ1) is 18.6. The van der Waals surface area contributed by atoms with Crippen molar-refractivity contribution >= 4 is 22.6 Å². The topological polar surface area (TPSA) is 65.5 Å². The third-order valence-corrected chi connectivity index (χ3v) is 6.50. The number of pyridine rings is 1. The van der Waals surface area contributed by atoms with Crippen LogP contribution in [0.4, 0.5) is 0 Å². The molecule has 2 aliphatic rings. The fraction of sp³-hybridized carbons (Fsp3) is 0.667. The van der Waals surface area contributed by atoms with Gasteiger partial charge in [0.25, 0.3) is 10.2 Å². The highest BCUT2D eigenvalue weighted by atomic mass is 35.5. The van der Waals surface area contributed by atoms with E-state index in [9.17, 15) is 8.42 Å². The highest BCUT2D eigenvalue weighted by Crippen LogP contribution is 2.27. The van der Waals surface area contributed by atoms with Gasteiger partial charge in [-0.2, -0.15) is 17.0 Å². The van der Waals surface area contributed by atoms with Crippen molar-refractivity contribution < 1.29 is 8.42 Å². The standard InChI is InChI=1S/C15H24N4O2S.ClH/c20-22(21,18-9-3-1-2-4-10-18)19-11-8-17-13-15(19)14-6-5-7-16-12-14;/h5-7,12,15,17H,1-4,8-11,13H2;1H. The largest absolute Gasteiger partial charge is 0.313 e. The lowest BCUT2D eigenvalue weighted by atomic mass is 10.1. The minimum absolute atomic E-state index is 0. The molecule has 3 rings (SSSR count). The van der Waals surface area contributed by atoms with Gasteiger partial charge in [0, 0.05) is 45.1 Å². The van der Waals surface area contributed by atoms with Crippen LogP contribution in [0.1, 0.15) is 37.3 Å². The van der Waals surface area contributed by atoms with Crippen molar-refractivity contribution in [3.05, 3.63) is 30.1 Å². The number of halogens is 1. The molecule has 0 bridgehead atoms. The molecule has 2 saturated heterocycles. The summed E-state index contributed by atoms with van der Waals surface area (Å²) in [6, 6.07) is 3.65. The average Bonchev–Trinajstić information content (AvgIpc) is 2.85. The fourth-order valence-electron chi connectivity index (χ4n) is 3.24. The molecule has 0 amide bonds. The van der Waals surface area contributed by atoms with E-state index in [1.54, 1.807) is 21.0 Å². The van der Waals surface area contributed by atoms with Gasteiger partial charge in [-0.05, 0) is 24.5 Å². The summed E-state index contributed by atoms with van der Waals surface area (Å²) in [5.41, 5.74) is 0.952. The summed E-state index contributed by atoms with van der Waals surface area (Å²) >= 11 is 0. The van der Waals surface area contributed by atoms with E-state index in [4.69, 9.17) is 0 Å². The van der Waals surface area contributed by atoms with Crippen molar-refractivity contribution in [2.75, 3.05) is 32.7 Å². The van der Waals surface area contributed by atoms with Crippen LogP contribution in [0.25, 0.3) is 0 Å². The molecule has 8 heteroatoms. The molecule has 1 atom stereocenters. The zero-order chi connectivity index (χ0) is 15.4. The number of nitrogens with zero attached hydrogens (tertiary/aromatic N) is 3. The summed E-state index contributed by atoms with van der Waals surface area (Å²) in [4.78, 5) is 4.14. The van der Waals surface area contributed by atoms with Gasteiger partial charge in [-0.1, -0.05) is 18.9 Å². The van der Waals surface area contributed by atoms with E-state index in [-0.39, 0.29) is 18.4 Å². The van der Waals surface area contributed by atoms with Crippen LogP contribution in [0.15, 0.2) is 24.5 Å². The molecule has 1 N–H and O–H groups in total. The van der Waals surface area contributed by atoms with Crippen LogP contribution in [0.5, 0.6) is 0 Å². The average molecular weight is 361 g/mol. The Labute approximate surface area is 144 Å². The van der Waals surface area contributed by atoms with E-state index in [2.05, 4.69) is 10.3 Å². The second-order valence-corrected chi connectivity index (χ2v) is 7.82. The van der Waals surface area contributed by atoms with E-state index in [1.165, 1.54) is 0 Å². The van der Waals surface area contributed by atoms with Crippen LogP contribution in [0, 0.1) is 0 Å². The highest BCUT2D eigenvalue weighted by molar-refractivity contribution is 7.86. The molecule has 1 unspecified atom stereocenters. The van der Waals surface area contributed by atoms with Crippen molar-refractivity contribution in [2.24, 2.45) is 0 Å². The van der Waals surface area contributed by atoms with Gasteiger partial charge >= 0.3 is 0 Å². The van der Waals surface area contributed by atoms with Crippen LogP contribution in [-0.4, -0.2) is 54.7 Å².